The summed E-state index contributed by atoms with van der Waals surface area (Å²) in [7, 11) is 0. The molecule has 0 spiro atoms. The van der Waals surface area contributed by atoms with Gasteiger partial charge in [-0.1, -0.05) is 13.3 Å². The van der Waals surface area contributed by atoms with Crippen LogP contribution in [0.3, 0.4) is 0 Å². The van der Waals surface area contributed by atoms with Gasteiger partial charge < -0.3 is 24.1 Å². The summed E-state index contributed by atoms with van der Waals surface area (Å²) in [6.45, 7) is 13.6. The Labute approximate surface area is 123 Å². The molecule has 0 saturated carbocycles. The first-order valence-electron chi connectivity index (χ1n) is 7.56. The van der Waals surface area contributed by atoms with Crippen molar-refractivity contribution in [1.29, 1.82) is 0 Å². The Morgan fingerprint density at radius 3 is 1.75 bits per heavy atom. The molecule has 0 radical (unpaired) electrons. The van der Waals surface area contributed by atoms with Crippen molar-refractivity contribution in [2.24, 2.45) is 0 Å². The maximum atomic E-state index is 10.3. The topological polar surface area (TPSA) is 57.2 Å². The van der Waals surface area contributed by atoms with Crippen molar-refractivity contribution in [2.45, 2.75) is 91.9 Å². The van der Waals surface area contributed by atoms with Gasteiger partial charge >= 0.3 is 5.97 Å². The van der Waals surface area contributed by atoms with Crippen LogP contribution in [0.2, 0.25) is 0 Å². The van der Waals surface area contributed by atoms with E-state index in [0.717, 1.165) is 12.8 Å². The Balaban J connectivity index is 5.06. The Morgan fingerprint density at radius 1 is 0.900 bits per heavy atom. The molecule has 0 heterocycles. The minimum Gasteiger partial charge on any atom is -0.362 e. The number of rotatable bonds is 11. The van der Waals surface area contributed by atoms with Gasteiger partial charge in [-0.15, -0.1) is 0 Å². The van der Waals surface area contributed by atoms with Crippen LogP contribution >= 0.6 is 0 Å². The lowest BCUT2D eigenvalue weighted by molar-refractivity contribution is -0.467. The lowest BCUT2D eigenvalue weighted by atomic mass is 10.3. The van der Waals surface area contributed by atoms with Crippen LogP contribution in [-0.2, 0) is 18.9 Å². The average molecular weight is 292 g/mol. The SMILES string of the molecule is CCCCOC(OC(C)C)(OC(C)C)C(O)OC(C)C. The summed E-state index contributed by atoms with van der Waals surface area (Å²) < 4.78 is 22.6. The van der Waals surface area contributed by atoms with E-state index in [2.05, 4.69) is 6.92 Å². The molecule has 1 N–H and O–H groups in total. The van der Waals surface area contributed by atoms with E-state index in [1.807, 2.05) is 41.5 Å². The highest BCUT2D eigenvalue weighted by molar-refractivity contribution is 4.67. The van der Waals surface area contributed by atoms with Crippen molar-refractivity contribution in [2.75, 3.05) is 6.61 Å². The van der Waals surface area contributed by atoms with E-state index in [1.165, 1.54) is 0 Å². The lowest BCUT2D eigenvalue weighted by Gasteiger charge is -2.39. The zero-order chi connectivity index (χ0) is 15.8. The number of unbranched alkanes of at least 4 members (excludes halogenated alkanes) is 1. The summed E-state index contributed by atoms with van der Waals surface area (Å²) in [6.07, 6.45) is 0.0519. The number of ether oxygens (including phenoxy) is 4. The van der Waals surface area contributed by atoms with Gasteiger partial charge in [-0.05, 0) is 48.0 Å². The van der Waals surface area contributed by atoms with Gasteiger partial charge in [0, 0.05) is 0 Å². The van der Waals surface area contributed by atoms with Crippen LogP contribution < -0.4 is 0 Å². The van der Waals surface area contributed by atoms with Crippen molar-refractivity contribution >= 4 is 0 Å². The lowest BCUT2D eigenvalue weighted by Crippen LogP contribution is -2.54. The predicted molar refractivity (Wildman–Crippen MR) is 78.3 cm³/mol. The van der Waals surface area contributed by atoms with Crippen molar-refractivity contribution in [3.63, 3.8) is 0 Å². The molecule has 0 amide bonds. The Kier molecular flexibility index (Phi) is 9.59. The van der Waals surface area contributed by atoms with E-state index in [9.17, 15) is 5.11 Å². The summed E-state index contributed by atoms with van der Waals surface area (Å²) in [4.78, 5) is 0. The van der Waals surface area contributed by atoms with Crippen molar-refractivity contribution in [1.82, 2.24) is 0 Å². The van der Waals surface area contributed by atoms with E-state index in [1.54, 1.807) is 0 Å². The van der Waals surface area contributed by atoms with Crippen molar-refractivity contribution in [3.8, 4) is 0 Å². The first kappa shape index (κ1) is 19.8. The summed E-state index contributed by atoms with van der Waals surface area (Å²) in [5, 5.41) is 10.3. The van der Waals surface area contributed by atoms with Crippen LogP contribution in [0.1, 0.15) is 61.3 Å². The summed E-state index contributed by atoms with van der Waals surface area (Å²) in [5.41, 5.74) is 0. The molecule has 20 heavy (non-hydrogen) atoms. The molecule has 0 aromatic carbocycles. The van der Waals surface area contributed by atoms with E-state index in [4.69, 9.17) is 18.9 Å². The van der Waals surface area contributed by atoms with Crippen LogP contribution in [0.15, 0.2) is 0 Å². The molecule has 1 unspecified atom stereocenters. The Hall–Kier alpha value is -0.200. The zero-order valence-electron chi connectivity index (χ0n) is 14.0. The molecule has 5 heteroatoms. The molecule has 5 nitrogen and oxygen atoms in total. The summed E-state index contributed by atoms with van der Waals surface area (Å²) in [6, 6.07) is 0. The van der Waals surface area contributed by atoms with Gasteiger partial charge in [0.25, 0.3) is 0 Å². The number of aliphatic hydroxyl groups excluding tert-OH is 1. The van der Waals surface area contributed by atoms with Gasteiger partial charge in [-0.2, -0.15) is 0 Å². The van der Waals surface area contributed by atoms with Gasteiger partial charge in [0.15, 0.2) is 0 Å². The van der Waals surface area contributed by atoms with Crippen LogP contribution in [0.25, 0.3) is 0 Å². The average Bonchev–Trinajstić information content (AvgIpc) is 2.26. The first-order chi connectivity index (χ1) is 9.23. The standard InChI is InChI=1S/C15H32O5/c1-8-9-10-17-15(19-12(4)5,20-13(6)7)14(16)18-11(2)3/h11-14,16H,8-10H2,1-7H3. The van der Waals surface area contributed by atoms with Gasteiger partial charge in [0.1, 0.15) is 0 Å². The van der Waals surface area contributed by atoms with Gasteiger partial charge in [0.05, 0.1) is 24.9 Å². The fourth-order valence-corrected chi connectivity index (χ4v) is 1.64. The smallest absolute Gasteiger partial charge is 0.337 e. The largest absolute Gasteiger partial charge is 0.362 e. The van der Waals surface area contributed by atoms with Gasteiger partial charge in [0.2, 0.25) is 6.29 Å². The molecule has 0 aliphatic carbocycles. The van der Waals surface area contributed by atoms with Gasteiger partial charge in [-0.3, -0.25) is 0 Å². The second-order valence-electron chi connectivity index (χ2n) is 5.68. The van der Waals surface area contributed by atoms with Crippen LogP contribution in [-0.4, -0.2) is 42.3 Å². The zero-order valence-corrected chi connectivity index (χ0v) is 14.0. The number of hydrogen-bond donors (Lipinski definition) is 1. The minimum absolute atomic E-state index is 0.161. The molecule has 0 aliphatic rings. The molecule has 0 saturated heterocycles. The second-order valence-corrected chi connectivity index (χ2v) is 5.68. The molecule has 0 aliphatic heterocycles. The maximum Gasteiger partial charge on any atom is 0.337 e. The van der Waals surface area contributed by atoms with Crippen LogP contribution in [0.5, 0.6) is 0 Å². The number of hydrogen-bond acceptors (Lipinski definition) is 5. The highest BCUT2D eigenvalue weighted by atomic mass is 16.9. The molecule has 0 rings (SSSR count). The van der Waals surface area contributed by atoms with E-state index < -0.39 is 12.3 Å². The molecular formula is C15H32O5. The number of aliphatic hydroxyl groups is 1. The highest BCUT2D eigenvalue weighted by Gasteiger charge is 2.45. The molecule has 0 aromatic heterocycles. The fraction of sp³-hybridized carbons (Fsp3) is 1.00. The van der Waals surface area contributed by atoms with E-state index >= 15 is 0 Å². The Bertz CT molecular complexity index is 230. The third-order valence-corrected chi connectivity index (χ3v) is 2.30. The molecule has 122 valence electrons. The Morgan fingerprint density at radius 2 is 1.40 bits per heavy atom. The first-order valence-corrected chi connectivity index (χ1v) is 7.56. The molecule has 0 aromatic rings. The van der Waals surface area contributed by atoms with E-state index in [0.29, 0.717) is 6.61 Å². The van der Waals surface area contributed by atoms with Crippen molar-refractivity contribution in [3.05, 3.63) is 0 Å². The third-order valence-electron chi connectivity index (χ3n) is 2.30. The van der Waals surface area contributed by atoms with Gasteiger partial charge in [-0.25, -0.2) is 0 Å². The quantitative estimate of drug-likeness (QED) is 0.468. The minimum atomic E-state index is -1.58. The van der Waals surface area contributed by atoms with Crippen LogP contribution in [0.4, 0.5) is 0 Å². The normalized spacial score (nSPS) is 14.6. The highest BCUT2D eigenvalue weighted by Crippen LogP contribution is 2.26. The monoisotopic (exact) mass is 292 g/mol. The molecular weight excluding hydrogens is 260 g/mol. The summed E-state index contributed by atoms with van der Waals surface area (Å²) in [5.74, 6) is -1.58. The third kappa shape index (κ3) is 7.55. The van der Waals surface area contributed by atoms with Crippen molar-refractivity contribution < 1.29 is 24.1 Å². The maximum absolute atomic E-state index is 10.3. The molecule has 0 fully saturated rings. The summed E-state index contributed by atoms with van der Waals surface area (Å²) >= 11 is 0. The second kappa shape index (κ2) is 9.68. The fourth-order valence-electron chi connectivity index (χ4n) is 1.64. The van der Waals surface area contributed by atoms with E-state index in [-0.39, 0.29) is 18.3 Å². The molecule has 0 bridgehead atoms. The molecule has 1 atom stereocenters. The van der Waals surface area contributed by atoms with Crippen LogP contribution in [0, 0.1) is 0 Å². The predicted octanol–water partition coefficient (Wildman–Crippen LogP) is 3.05.